The molecule has 0 amide bonds. The second-order valence-corrected chi connectivity index (χ2v) is 6.29. The number of rotatable bonds is 4. The SMILES string of the molecule is Cc1c(N)cccc1SCCC(=O)OC(C)(C)C. The van der Waals surface area contributed by atoms with E-state index in [9.17, 15) is 4.79 Å². The van der Waals surface area contributed by atoms with Gasteiger partial charge in [-0.25, -0.2) is 0 Å². The number of hydrogen-bond donors (Lipinski definition) is 1. The molecule has 2 N–H and O–H groups in total. The van der Waals surface area contributed by atoms with E-state index in [0.717, 1.165) is 16.1 Å². The summed E-state index contributed by atoms with van der Waals surface area (Å²) in [4.78, 5) is 12.7. The maximum atomic E-state index is 11.5. The molecule has 0 radical (unpaired) electrons. The molecule has 100 valence electrons. The van der Waals surface area contributed by atoms with Crippen LogP contribution >= 0.6 is 11.8 Å². The first kappa shape index (κ1) is 14.9. The number of benzene rings is 1. The molecule has 4 heteroatoms. The van der Waals surface area contributed by atoms with Gasteiger partial charge in [0.1, 0.15) is 5.60 Å². The Morgan fingerprint density at radius 1 is 1.39 bits per heavy atom. The van der Waals surface area contributed by atoms with Crippen LogP contribution in [0.3, 0.4) is 0 Å². The average molecular weight is 267 g/mol. The summed E-state index contributed by atoms with van der Waals surface area (Å²) in [5.74, 6) is 0.552. The van der Waals surface area contributed by atoms with Gasteiger partial charge in [0.15, 0.2) is 0 Å². The molecule has 1 rings (SSSR count). The number of carbonyl (C=O) groups excluding carboxylic acids is 1. The third-order valence-electron chi connectivity index (χ3n) is 2.31. The molecule has 0 unspecified atom stereocenters. The van der Waals surface area contributed by atoms with Gasteiger partial charge in [-0.15, -0.1) is 11.8 Å². The fourth-order valence-corrected chi connectivity index (χ4v) is 2.42. The summed E-state index contributed by atoms with van der Waals surface area (Å²) >= 11 is 1.63. The quantitative estimate of drug-likeness (QED) is 0.516. The summed E-state index contributed by atoms with van der Waals surface area (Å²) in [6.07, 6.45) is 0.413. The van der Waals surface area contributed by atoms with Gasteiger partial charge < -0.3 is 10.5 Å². The molecule has 18 heavy (non-hydrogen) atoms. The maximum Gasteiger partial charge on any atom is 0.307 e. The summed E-state index contributed by atoms with van der Waals surface area (Å²) < 4.78 is 5.25. The van der Waals surface area contributed by atoms with E-state index < -0.39 is 5.60 Å². The fourth-order valence-electron chi connectivity index (χ4n) is 1.42. The number of esters is 1. The number of nitrogen functional groups attached to an aromatic ring is 1. The van der Waals surface area contributed by atoms with Crippen LogP contribution in [0, 0.1) is 6.92 Å². The highest BCUT2D eigenvalue weighted by Gasteiger charge is 2.15. The number of hydrogen-bond acceptors (Lipinski definition) is 4. The molecule has 0 atom stereocenters. The van der Waals surface area contributed by atoms with Gasteiger partial charge in [-0.05, 0) is 45.4 Å². The van der Waals surface area contributed by atoms with Crippen LogP contribution in [0.1, 0.15) is 32.8 Å². The van der Waals surface area contributed by atoms with E-state index in [1.807, 2.05) is 45.9 Å². The molecule has 0 aliphatic heterocycles. The molecule has 0 spiro atoms. The van der Waals surface area contributed by atoms with Crippen molar-refractivity contribution in [3.8, 4) is 0 Å². The molecule has 0 aromatic heterocycles. The zero-order valence-electron chi connectivity index (χ0n) is 11.4. The summed E-state index contributed by atoms with van der Waals surface area (Å²) in [5, 5.41) is 0. The first-order valence-corrected chi connectivity index (χ1v) is 6.98. The average Bonchev–Trinajstić information content (AvgIpc) is 2.21. The molecule has 0 saturated carbocycles. The molecular formula is C14H21NO2S. The van der Waals surface area contributed by atoms with E-state index in [4.69, 9.17) is 10.5 Å². The van der Waals surface area contributed by atoms with Crippen LogP contribution in [0.15, 0.2) is 23.1 Å². The van der Waals surface area contributed by atoms with Gasteiger partial charge >= 0.3 is 5.97 Å². The van der Waals surface area contributed by atoms with Gasteiger partial charge in [0, 0.05) is 16.3 Å². The van der Waals surface area contributed by atoms with E-state index in [0.29, 0.717) is 12.2 Å². The Morgan fingerprint density at radius 3 is 2.67 bits per heavy atom. The van der Waals surface area contributed by atoms with Gasteiger partial charge in [-0.2, -0.15) is 0 Å². The highest BCUT2D eigenvalue weighted by molar-refractivity contribution is 7.99. The van der Waals surface area contributed by atoms with Gasteiger partial charge in [-0.3, -0.25) is 4.79 Å². The number of thioether (sulfide) groups is 1. The Hall–Kier alpha value is -1.16. The Labute approximate surface area is 113 Å². The van der Waals surface area contributed by atoms with Gasteiger partial charge in [0.2, 0.25) is 0 Å². The zero-order chi connectivity index (χ0) is 13.8. The monoisotopic (exact) mass is 267 g/mol. The lowest BCUT2D eigenvalue weighted by molar-refractivity contribution is -0.154. The number of ether oxygens (including phenoxy) is 1. The summed E-state index contributed by atoms with van der Waals surface area (Å²) in [6.45, 7) is 7.62. The highest BCUT2D eigenvalue weighted by atomic mass is 32.2. The molecule has 0 aliphatic carbocycles. The van der Waals surface area contributed by atoms with Crippen LogP contribution in [0.25, 0.3) is 0 Å². The predicted octanol–water partition coefficient (Wildman–Crippen LogP) is 3.40. The van der Waals surface area contributed by atoms with Crippen molar-refractivity contribution in [1.82, 2.24) is 0 Å². The summed E-state index contributed by atoms with van der Waals surface area (Å²) in [6, 6.07) is 5.83. The van der Waals surface area contributed by atoms with Crippen LogP contribution in [0.5, 0.6) is 0 Å². The number of carbonyl (C=O) groups is 1. The Bertz CT molecular complexity index is 424. The Morgan fingerprint density at radius 2 is 2.06 bits per heavy atom. The van der Waals surface area contributed by atoms with Crippen molar-refractivity contribution in [3.05, 3.63) is 23.8 Å². The Kier molecular flexibility index (Phi) is 5.08. The second-order valence-electron chi connectivity index (χ2n) is 5.16. The molecule has 0 heterocycles. The standard InChI is InChI=1S/C14H21NO2S/c1-10-11(15)6-5-7-12(10)18-9-8-13(16)17-14(2,3)4/h5-7H,8-9,15H2,1-4H3. The molecule has 1 aromatic rings. The highest BCUT2D eigenvalue weighted by Crippen LogP contribution is 2.26. The van der Waals surface area contributed by atoms with Crippen molar-refractivity contribution < 1.29 is 9.53 Å². The van der Waals surface area contributed by atoms with Crippen LogP contribution in [-0.4, -0.2) is 17.3 Å². The molecule has 3 nitrogen and oxygen atoms in total. The third kappa shape index (κ3) is 5.00. The van der Waals surface area contributed by atoms with E-state index >= 15 is 0 Å². The summed E-state index contributed by atoms with van der Waals surface area (Å²) in [5.41, 5.74) is 7.29. The lowest BCUT2D eigenvalue weighted by Gasteiger charge is -2.19. The molecule has 0 aliphatic rings. The van der Waals surface area contributed by atoms with Crippen molar-refractivity contribution in [2.75, 3.05) is 11.5 Å². The topological polar surface area (TPSA) is 52.3 Å². The minimum atomic E-state index is -0.408. The van der Waals surface area contributed by atoms with Crippen molar-refractivity contribution in [1.29, 1.82) is 0 Å². The van der Waals surface area contributed by atoms with Crippen LogP contribution in [0.4, 0.5) is 5.69 Å². The van der Waals surface area contributed by atoms with Gasteiger partial charge in [0.05, 0.1) is 6.42 Å². The van der Waals surface area contributed by atoms with Crippen molar-refractivity contribution in [3.63, 3.8) is 0 Å². The van der Waals surface area contributed by atoms with E-state index in [2.05, 4.69) is 0 Å². The zero-order valence-corrected chi connectivity index (χ0v) is 12.3. The first-order chi connectivity index (χ1) is 8.29. The van der Waals surface area contributed by atoms with E-state index in [1.54, 1.807) is 11.8 Å². The predicted molar refractivity (Wildman–Crippen MR) is 76.8 cm³/mol. The number of anilines is 1. The summed E-state index contributed by atoms with van der Waals surface area (Å²) in [7, 11) is 0. The Balaban J connectivity index is 2.43. The largest absolute Gasteiger partial charge is 0.460 e. The van der Waals surface area contributed by atoms with E-state index in [1.165, 1.54) is 0 Å². The van der Waals surface area contributed by atoms with Gasteiger partial charge in [-0.1, -0.05) is 6.07 Å². The van der Waals surface area contributed by atoms with E-state index in [-0.39, 0.29) is 5.97 Å². The lowest BCUT2D eigenvalue weighted by atomic mass is 10.2. The van der Waals surface area contributed by atoms with Crippen molar-refractivity contribution in [2.24, 2.45) is 0 Å². The van der Waals surface area contributed by atoms with Crippen LogP contribution < -0.4 is 5.73 Å². The van der Waals surface area contributed by atoms with Gasteiger partial charge in [0.25, 0.3) is 0 Å². The number of nitrogens with two attached hydrogens (primary N) is 1. The molecular weight excluding hydrogens is 246 g/mol. The minimum absolute atomic E-state index is 0.156. The molecule has 0 saturated heterocycles. The van der Waals surface area contributed by atoms with Crippen molar-refractivity contribution in [2.45, 2.75) is 44.6 Å². The molecule has 0 bridgehead atoms. The second kappa shape index (κ2) is 6.14. The molecule has 1 aromatic carbocycles. The van der Waals surface area contributed by atoms with Crippen LogP contribution in [-0.2, 0) is 9.53 Å². The fraction of sp³-hybridized carbons (Fsp3) is 0.500. The van der Waals surface area contributed by atoms with Crippen LogP contribution in [0.2, 0.25) is 0 Å². The van der Waals surface area contributed by atoms with Crippen molar-refractivity contribution >= 4 is 23.4 Å². The maximum absolute atomic E-state index is 11.5. The lowest BCUT2D eigenvalue weighted by Crippen LogP contribution is -2.24. The smallest absolute Gasteiger partial charge is 0.307 e. The first-order valence-electron chi connectivity index (χ1n) is 5.99. The molecule has 0 fully saturated rings. The normalized spacial score (nSPS) is 11.3. The minimum Gasteiger partial charge on any atom is -0.460 e. The third-order valence-corrected chi connectivity index (χ3v) is 3.47.